The Hall–Kier alpha value is -1.65. The van der Waals surface area contributed by atoms with Gasteiger partial charge in [0, 0.05) is 11.0 Å². The Morgan fingerprint density at radius 3 is 2.07 bits per heavy atom. The smallest absolute Gasteiger partial charge is 0.392 e. The second-order valence-corrected chi connectivity index (χ2v) is 8.06. The number of ether oxygens (including phenoxy) is 2. The molecule has 0 N–H and O–H groups in total. The first kappa shape index (κ1) is 23.0. The largest absolute Gasteiger partial charge is 0.490 e. The third-order valence-electron chi connectivity index (χ3n) is 6.16. The van der Waals surface area contributed by atoms with Crippen LogP contribution >= 0.6 is 0 Å². The number of hydrogen-bond donors (Lipinski definition) is 0. The van der Waals surface area contributed by atoms with E-state index in [1.54, 1.807) is 0 Å². The van der Waals surface area contributed by atoms with Gasteiger partial charge in [-0.3, -0.25) is 0 Å². The summed E-state index contributed by atoms with van der Waals surface area (Å²) in [6.45, 7) is -0.761. The number of halogens is 9. The number of alkyl halides is 7. The molecule has 0 spiro atoms. The summed E-state index contributed by atoms with van der Waals surface area (Å²) in [5.41, 5.74) is -4.92. The Labute approximate surface area is 166 Å². The fourth-order valence-electron chi connectivity index (χ4n) is 4.02. The van der Waals surface area contributed by atoms with Gasteiger partial charge >= 0.3 is 18.0 Å². The van der Waals surface area contributed by atoms with Crippen molar-refractivity contribution >= 4 is 0 Å². The summed E-state index contributed by atoms with van der Waals surface area (Å²) in [4.78, 5) is 0. The van der Waals surface area contributed by atoms with Gasteiger partial charge in [-0.05, 0) is 37.8 Å². The Morgan fingerprint density at radius 2 is 1.50 bits per heavy atom. The lowest BCUT2D eigenvalue weighted by Crippen LogP contribution is -2.72. The van der Waals surface area contributed by atoms with Gasteiger partial charge in [-0.25, -0.2) is 4.39 Å². The van der Waals surface area contributed by atoms with E-state index < -0.39 is 71.6 Å². The zero-order valence-electron chi connectivity index (χ0n) is 15.8. The summed E-state index contributed by atoms with van der Waals surface area (Å²) in [7, 11) is 0. The second kappa shape index (κ2) is 7.20. The molecule has 2 nitrogen and oxygen atoms in total. The van der Waals surface area contributed by atoms with Crippen LogP contribution in [0, 0.1) is 17.0 Å². The molecular formula is C19H19F9O2. The highest BCUT2D eigenvalue weighted by molar-refractivity contribution is 5.31. The molecule has 30 heavy (non-hydrogen) atoms. The molecule has 0 aromatic heterocycles. The van der Waals surface area contributed by atoms with E-state index in [-0.39, 0.29) is 25.7 Å². The molecule has 0 radical (unpaired) electrons. The fraction of sp³-hybridized carbons (Fsp3) is 0.684. The van der Waals surface area contributed by atoms with E-state index >= 15 is 0 Å². The van der Waals surface area contributed by atoms with E-state index in [2.05, 4.69) is 4.74 Å². The Morgan fingerprint density at radius 1 is 0.900 bits per heavy atom. The molecule has 3 saturated carbocycles. The molecule has 0 atom stereocenters. The molecule has 0 saturated heterocycles. The van der Waals surface area contributed by atoms with Crippen LogP contribution in [0.4, 0.5) is 39.5 Å². The van der Waals surface area contributed by atoms with Crippen molar-refractivity contribution in [2.75, 3.05) is 6.61 Å². The SMILES string of the molecule is CC12CCC(OCc3ccc(OCCC(F)(F)F)c(F)c3F)(CC1)C(F)(F)C2(F)F. The van der Waals surface area contributed by atoms with Gasteiger partial charge < -0.3 is 9.47 Å². The minimum atomic E-state index is -4.55. The third-order valence-corrected chi connectivity index (χ3v) is 6.16. The molecule has 1 aromatic carbocycles. The summed E-state index contributed by atoms with van der Waals surface area (Å²) in [5, 5.41) is 0. The monoisotopic (exact) mass is 450 g/mol. The molecule has 0 amide bonds. The Balaban J connectivity index is 1.74. The van der Waals surface area contributed by atoms with Crippen LogP contribution in [0.1, 0.15) is 44.6 Å². The lowest BCUT2D eigenvalue weighted by molar-refractivity contribution is -0.389. The maximum absolute atomic E-state index is 14.6. The Kier molecular flexibility index (Phi) is 5.53. The predicted octanol–water partition coefficient (Wildman–Crippen LogP) is 6.42. The van der Waals surface area contributed by atoms with E-state index in [1.807, 2.05) is 0 Å². The average Bonchev–Trinajstić information content (AvgIpc) is 2.63. The highest BCUT2D eigenvalue weighted by atomic mass is 19.4. The molecule has 4 rings (SSSR count). The van der Waals surface area contributed by atoms with Crippen molar-refractivity contribution in [2.24, 2.45) is 5.41 Å². The summed E-state index contributed by atoms with van der Waals surface area (Å²) in [6.07, 6.45) is -7.09. The topological polar surface area (TPSA) is 18.5 Å². The van der Waals surface area contributed by atoms with E-state index in [1.165, 1.54) is 0 Å². The highest BCUT2D eigenvalue weighted by Crippen LogP contribution is 2.67. The first-order valence-corrected chi connectivity index (χ1v) is 9.22. The normalized spacial score (nSPS) is 29.8. The van der Waals surface area contributed by atoms with Gasteiger partial charge in [-0.15, -0.1) is 0 Å². The van der Waals surface area contributed by atoms with Crippen molar-refractivity contribution in [1.82, 2.24) is 0 Å². The molecule has 1 aromatic rings. The van der Waals surface area contributed by atoms with Crippen molar-refractivity contribution in [2.45, 2.75) is 69.3 Å². The molecule has 3 aliphatic carbocycles. The molecule has 11 heteroatoms. The van der Waals surface area contributed by atoms with Gasteiger partial charge in [-0.2, -0.15) is 35.1 Å². The van der Waals surface area contributed by atoms with Crippen LogP contribution in [0.15, 0.2) is 12.1 Å². The molecule has 3 fully saturated rings. The average molecular weight is 450 g/mol. The van der Waals surface area contributed by atoms with Gasteiger partial charge in [0.25, 0.3) is 0 Å². The van der Waals surface area contributed by atoms with Crippen molar-refractivity contribution in [3.63, 3.8) is 0 Å². The van der Waals surface area contributed by atoms with E-state index in [9.17, 15) is 39.5 Å². The summed E-state index contributed by atoms with van der Waals surface area (Å²) in [5.74, 6) is -12.8. The van der Waals surface area contributed by atoms with Gasteiger partial charge in [0.15, 0.2) is 11.6 Å². The summed E-state index contributed by atoms with van der Waals surface area (Å²) < 4.78 is 132. The van der Waals surface area contributed by atoms with E-state index in [4.69, 9.17) is 4.74 Å². The first-order chi connectivity index (χ1) is 13.7. The third kappa shape index (κ3) is 3.52. The molecular weight excluding hydrogens is 431 g/mol. The van der Waals surface area contributed by atoms with Crippen LogP contribution in [0.5, 0.6) is 5.75 Å². The van der Waals surface area contributed by atoms with Gasteiger partial charge in [-0.1, -0.05) is 6.92 Å². The van der Waals surface area contributed by atoms with Crippen molar-refractivity contribution in [3.05, 3.63) is 29.3 Å². The fourth-order valence-corrected chi connectivity index (χ4v) is 4.02. The van der Waals surface area contributed by atoms with E-state index in [0.717, 1.165) is 19.1 Å². The molecule has 0 heterocycles. The molecule has 170 valence electrons. The molecule has 0 aliphatic heterocycles. The van der Waals surface area contributed by atoms with Crippen LogP contribution in [0.2, 0.25) is 0 Å². The van der Waals surface area contributed by atoms with Crippen molar-refractivity contribution < 1.29 is 49.0 Å². The lowest BCUT2D eigenvalue weighted by Gasteiger charge is -2.59. The molecule has 2 bridgehead atoms. The minimum Gasteiger partial charge on any atom is -0.490 e. The molecule has 0 unspecified atom stereocenters. The summed E-state index contributed by atoms with van der Waals surface area (Å²) >= 11 is 0. The number of rotatable bonds is 6. The number of hydrogen-bond acceptors (Lipinski definition) is 2. The number of benzene rings is 1. The quantitative estimate of drug-likeness (QED) is 0.466. The lowest BCUT2D eigenvalue weighted by atomic mass is 9.55. The van der Waals surface area contributed by atoms with E-state index in [0.29, 0.717) is 0 Å². The van der Waals surface area contributed by atoms with Gasteiger partial charge in [0.1, 0.15) is 5.60 Å². The zero-order chi connectivity index (χ0) is 22.6. The van der Waals surface area contributed by atoms with Crippen LogP contribution in [0.3, 0.4) is 0 Å². The van der Waals surface area contributed by atoms with Crippen molar-refractivity contribution in [1.29, 1.82) is 0 Å². The van der Waals surface area contributed by atoms with Gasteiger partial charge in [0.05, 0.1) is 19.6 Å². The predicted molar refractivity (Wildman–Crippen MR) is 86.5 cm³/mol. The molecule has 3 aliphatic rings. The maximum Gasteiger partial charge on any atom is 0.392 e. The standard InChI is InChI=1S/C19H19F9O2/c1-15-4-6-16(7-5-15,19(27,28)18(15,25)26)30-10-11-2-3-12(14(21)13(11)20)29-9-8-17(22,23)24/h2-3H,4-10H2,1H3. The zero-order valence-corrected chi connectivity index (χ0v) is 15.8. The van der Waals surface area contributed by atoms with Crippen molar-refractivity contribution in [3.8, 4) is 5.75 Å². The first-order valence-electron chi connectivity index (χ1n) is 9.22. The van der Waals surface area contributed by atoms with Gasteiger partial charge in [0.2, 0.25) is 5.82 Å². The Bertz CT molecular complexity index is 796. The second-order valence-electron chi connectivity index (χ2n) is 8.06. The van der Waals surface area contributed by atoms with Crippen LogP contribution in [0.25, 0.3) is 0 Å². The van der Waals surface area contributed by atoms with Crippen LogP contribution in [-0.4, -0.2) is 30.2 Å². The van der Waals surface area contributed by atoms with Crippen LogP contribution in [-0.2, 0) is 11.3 Å². The minimum absolute atomic E-state index is 0.210. The highest BCUT2D eigenvalue weighted by Gasteiger charge is 2.81. The summed E-state index contributed by atoms with van der Waals surface area (Å²) in [6, 6.07) is 1.72. The van der Waals surface area contributed by atoms with Crippen LogP contribution < -0.4 is 4.74 Å². The maximum atomic E-state index is 14.6. The number of fused-ring (bicyclic) bond motifs is 3.